The minimum absolute atomic E-state index is 0.00717. The molecule has 0 bridgehead atoms. The Morgan fingerprint density at radius 3 is 2.64 bits per heavy atom. The van der Waals surface area contributed by atoms with E-state index in [1.807, 2.05) is 0 Å². The topological polar surface area (TPSA) is 44.8 Å². The van der Waals surface area contributed by atoms with Gasteiger partial charge in [0.2, 0.25) is 0 Å². The molecule has 0 unspecified atom stereocenters. The van der Waals surface area contributed by atoms with Gasteiger partial charge in [-0.25, -0.2) is 4.39 Å². The van der Waals surface area contributed by atoms with Crippen LogP contribution in [0.5, 0.6) is 17.2 Å². The van der Waals surface area contributed by atoms with Crippen molar-refractivity contribution in [2.24, 2.45) is 0 Å². The van der Waals surface area contributed by atoms with Crippen LogP contribution in [0.1, 0.15) is 23.6 Å². The number of carbonyl (C=O) groups is 1. The molecule has 8 heteroatoms. The van der Waals surface area contributed by atoms with Gasteiger partial charge in [0.05, 0.1) is 17.7 Å². The van der Waals surface area contributed by atoms with Gasteiger partial charge >= 0.3 is 6.18 Å². The molecular weight excluding hydrogens is 380 g/mol. The molecule has 0 atom stereocenters. The average Bonchev–Trinajstić information content (AvgIpc) is 2.66. The first-order valence-corrected chi connectivity index (χ1v) is 8.39. The third kappa shape index (κ3) is 4.27. The molecule has 2 aromatic carbocycles. The van der Waals surface area contributed by atoms with Gasteiger partial charge in [0.15, 0.2) is 0 Å². The van der Waals surface area contributed by atoms with E-state index in [0.717, 1.165) is 12.1 Å². The highest BCUT2D eigenvalue weighted by atomic mass is 19.4. The molecule has 1 aliphatic rings. The molecule has 0 fully saturated rings. The zero-order chi connectivity index (χ0) is 20.3. The fraction of sp³-hybridized carbons (Fsp3) is 0.250. The van der Waals surface area contributed by atoms with Crippen molar-refractivity contribution in [2.45, 2.75) is 19.7 Å². The Morgan fingerprint density at radius 1 is 1.18 bits per heavy atom. The van der Waals surface area contributed by atoms with Crippen LogP contribution in [-0.2, 0) is 17.6 Å². The van der Waals surface area contributed by atoms with E-state index in [-0.39, 0.29) is 48.2 Å². The van der Waals surface area contributed by atoms with Crippen molar-refractivity contribution in [3.8, 4) is 17.2 Å². The minimum atomic E-state index is -4.57. The summed E-state index contributed by atoms with van der Waals surface area (Å²) >= 11 is 0. The summed E-state index contributed by atoms with van der Waals surface area (Å²) in [6.07, 6.45) is -2.61. The number of ether oxygens (including phenoxy) is 3. The molecule has 148 valence electrons. The molecule has 0 amide bonds. The smallest absolute Gasteiger partial charge is 0.419 e. The lowest BCUT2D eigenvalue weighted by molar-refractivity contribution is -0.139. The highest BCUT2D eigenvalue weighted by Crippen LogP contribution is 2.37. The van der Waals surface area contributed by atoms with E-state index in [0.29, 0.717) is 11.9 Å². The second kappa shape index (κ2) is 7.92. The van der Waals surface area contributed by atoms with E-state index in [1.165, 1.54) is 24.3 Å². The Morgan fingerprint density at radius 2 is 1.96 bits per heavy atom. The highest BCUT2D eigenvalue weighted by Gasteiger charge is 2.34. The number of alkyl halides is 3. The Balaban J connectivity index is 1.80. The molecular formula is C20H16F4O4. The Labute approximate surface area is 158 Å². The van der Waals surface area contributed by atoms with Crippen LogP contribution < -0.4 is 14.2 Å². The lowest BCUT2D eigenvalue weighted by Gasteiger charge is -2.18. The summed E-state index contributed by atoms with van der Waals surface area (Å²) in [7, 11) is 0. The maximum absolute atomic E-state index is 14.2. The number of benzene rings is 2. The first kappa shape index (κ1) is 19.7. The quantitative estimate of drug-likeness (QED) is 0.520. The van der Waals surface area contributed by atoms with Crippen LogP contribution >= 0.6 is 0 Å². The lowest BCUT2D eigenvalue weighted by Crippen LogP contribution is -2.11. The summed E-state index contributed by atoms with van der Waals surface area (Å²) in [5.41, 5.74) is -0.227. The molecule has 2 aromatic rings. The van der Waals surface area contributed by atoms with Crippen molar-refractivity contribution in [3.63, 3.8) is 0 Å². The van der Waals surface area contributed by atoms with Gasteiger partial charge < -0.3 is 14.2 Å². The van der Waals surface area contributed by atoms with E-state index < -0.39 is 17.6 Å². The van der Waals surface area contributed by atoms with Gasteiger partial charge in [-0.05, 0) is 30.7 Å². The number of aldehydes is 1. The van der Waals surface area contributed by atoms with Crippen molar-refractivity contribution in [2.75, 3.05) is 13.2 Å². The third-order valence-corrected chi connectivity index (χ3v) is 4.00. The van der Waals surface area contributed by atoms with Gasteiger partial charge in [0.1, 0.15) is 42.6 Å². The minimum Gasteiger partial charge on any atom is -0.493 e. The summed E-state index contributed by atoms with van der Waals surface area (Å²) in [5, 5.41) is 0. The van der Waals surface area contributed by atoms with Crippen LogP contribution in [0, 0.1) is 5.82 Å². The zero-order valence-electron chi connectivity index (χ0n) is 14.8. The van der Waals surface area contributed by atoms with Gasteiger partial charge in [-0.3, -0.25) is 4.79 Å². The van der Waals surface area contributed by atoms with E-state index >= 15 is 0 Å². The number of hydrogen-bond donors (Lipinski definition) is 0. The van der Waals surface area contributed by atoms with Gasteiger partial charge in [0, 0.05) is 17.7 Å². The van der Waals surface area contributed by atoms with Crippen molar-refractivity contribution in [1.29, 1.82) is 0 Å². The van der Waals surface area contributed by atoms with E-state index in [2.05, 4.69) is 0 Å². The summed E-state index contributed by atoms with van der Waals surface area (Å²) in [6, 6.07) is 6.13. The van der Waals surface area contributed by atoms with Crippen molar-refractivity contribution < 1.29 is 36.6 Å². The van der Waals surface area contributed by atoms with Crippen molar-refractivity contribution >= 4 is 12.4 Å². The second-order valence-corrected chi connectivity index (χ2v) is 5.99. The third-order valence-electron chi connectivity index (χ3n) is 4.00. The van der Waals surface area contributed by atoms with Crippen LogP contribution in [0.15, 0.2) is 35.9 Å². The summed E-state index contributed by atoms with van der Waals surface area (Å²) in [6.45, 7) is 1.50. The SMILES string of the molecule is CCOc1ccc(COc2cc(F)c3c(c2)OCC(C=O)=C3)cc1C(F)(F)F. The monoisotopic (exact) mass is 396 g/mol. The van der Waals surface area contributed by atoms with Crippen molar-refractivity contribution in [1.82, 2.24) is 0 Å². The molecule has 1 heterocycles. The van der Waals surface area contributed by atoms with E-state index in [1.54, 1.807) is 6.92 Å². The molecule has 4 nitrogen and oxygen atoms in total. The van der Waals surface area contributed by atoms with E-state index in [4.69, 9.17) is 14.2 Å². The maximum Gasteiger partial charge on any atom is 0.419 e. The molecule has 0 aromatic heterocycles. The number of halogens is 4. The summed E-state index contributed by atoms with van der Waals surface area (Å²) in [4.78, 5) is 10.8. The number of carbonyl (C=O) groups excluding carboxylic acids is 1. The fourth-order valence-electron chi connectivity index (χ4n) is 2.70. The normalized spacial score (nSPS) is 13.2. The van der Waals surface area contributed by atoms with Crippen molar-refractivity contribution in [3.05, 3.63) is 58.4 Å². The standard InChI is InChI=1S/C20H16F4O4/c1-2-26-18-4-3-12(6-16(18)20(22,23)24)10-27-14-7-17(21)15-5-13(9-25)11-28-19(15)8-14/h3-9H,2,10-11H2,1H3. The van der Waals surface area contributed by atoms with E-state index in [9.17, 15) is 22.4 Å². The number of rotatable bonds is 6. The maximum atomic E-state index is 14.2. The second-order valence-electron chi connectivity index (χ2n) is 5.99. The molecule has 1 aliphatic heterocycles. The van der Waals surface area contributed by atoms with Gasteiger partial charge in [-0.2, -0.15) is 13.2 Å². The molecule has 3 rings (SSSR count). The molecule has 0 aliphatic carbocycles. The first-order chi connectivity index (χ1) is 13.3. The Kier molecular flexibility index (Phi) is 5.58. The molecule has 0 N–H and O–H groups in total. The predicted molar refractivity (Wildman–Crippen MR) is 92.9 cm³/mol. The fourth-order valence-corrected chi connectivity index (χ4v) is 2.70. The van der Waals surface area contributed by atoms with Gasteiger partial charge in [0.25, 0.3) is 0 Å². The van der Waals surface area contributed by atoms with Gasteiger partial charge in [-0.15, -0.1) is 0 Å². The molecule has 0 saturated heterocycles. The Hall–Kier alpha value is -3.03. The Bertz CT molecular complexity index is 919. The molecule has 0 spiro atoms. The number of fused-ring (bicyclic) bond motifs is 1. The van der Waals surface area contributed by atoms with Gasteiger partial charge in [-0.1, -0.05) is 6.07 Å². The predicted octanol–water partition coefficient (Wildman–Crippen LogP) is 4.80. The zero-order valence-corrected chi connectivity index (χ0v) is 14.8. The van der Waals surface area contributed by atoms with Crippen LogP contribution in [-0.4, -0.2) is 19.5 Å². The van der Waals surface area contributed by atoms with Crippen LogP contribution in [0.3, 0.4) is 0 Å². The average molecular weight is 396 g/mol. The lowest BCUT2D eigenvalue weighted by atomic mass is 10.1. The van der Waals surface area contributed by atoms with Crippen LogP contribution in [0.25, 0.3) is 6.08 Å². The first-order valence-electron chi connectivity index (χ1n) is 8.39. The molecule has 0 saturated carbocycles. The highest BCUT2D eigenvalue weighted by molar-refractivity contribution is 5.84. The largest absolute Gasteiger partial charge is 0.493 e. The number of hydrogen-bond acceptors (Lipinski definition) is 4. The molecule has 0 radical (unpaired) electrons. The van der Waals surface area contributed by atoms with Crippen LogP contribution in [0.4, 0.5) is 17.6 Å². The van der Waals surface area contributed by atoms with Crippen LogP contribution in [0.2, 0.25) is 0 Å². The summed E-state index contributed by atoms with van der Waals surface area (Å²) < 4.78 is 69.6. The molecule has 28 heavy (non-hydrogen) atoms. The summed E-state index contributed by atoms with van der Waals surface area (Å²) in [5.74, 6) is -0.621.